The number of hydrogen-bond acceptors (Lipinski definition) is 2. The lowest BCUT2D eigenvalue weighted by Crippen LogP contribution is -2.37. The molecule has 82 valence electrons. The third-order valence-electron chi connectivity index (χ3n) is 2.48. The van der Waals surface area contributed by atoms with Gasteiger partial charge in [0.15, 0.2) is 5.60 Å². The number of benzene rings is 1. The van der Waals surface area contributed by atoms with Crippen LogP contribution in [-0.4, -0.2) is 18.2 Å². The average Bonchev–Trinajstić information content (AvgIpc) is 2.20. The van der Waals surface area contributed by atoms with Gasteiger partial charge in [-0.1, -0.05) is 30.7 Å². The minimum atomic E-state index is -1.30. The second-order valence-corrected chi connectivity index (χ2v) is 3.64. The van der Waals surface area contributed by atoms with Crippen molar-refractivity contribution in [2.75, 3.05) is 7.11 Å². The van der Waals surface area contributed by atoms with E-state index in [9.17, 15) is 9.90 Å². The van der Waals surface area contributed by atoms with Crippen LogP contribution in [0.3, 0.4) is 0 Å². The first-order valence-electron chi connectivity index (χ1n) is 4.61. The molecule has 0 amide bonds. The van der Waals surface area contributed by atoms with Gasteiger partial charge in [-0.15, -0.1) is 0 Å². The second kappa shape index (κ2) is 4.64. The maximum atomic E-state index is 11.2. The summed E-state index contributed by atoms with van der Waals surface area (Å²) in [6.45, 7) is 1.76. The van der Waals surface area contributed by atoms with Crippen LogP contribution in [-0.2, 0) is 15.1 Å². The normalized spacial score (nSPS) is 14.6. The van der Waals surface area contributed by atoms with Crippen LogP contribution < -0.4 is 0 Å². The van der Waals surface area contributed by atoms with E-state index in [0.717, 1.165) is 0 Å². The van der Waals surface area contributed by atoms with E-state index in [-0.39, 0.29) is 0 Å². The second-order valence-electron chi connectivity index (χ2n) is 3.20. The average molecular weight is 229 g/mol. The van der Waals surface area contributed by atoms with Crippen LogP contribution in [0.15, 0.2) is 24.3 Å². The molecule has 0 aromatic heterocycles. The van der Waals surface area contributed by atoms with Crippen molar-refractivity contribution in [1.82, 2.24) is 0 Å². The largest absolute Gasteiger partial charge is 0.479 e. The Morgan fingerprint density at radius 3 is 2.67 bits per heavy atom. The van der Waals surface area contributed by atoms with E-state index in [1.54, 1.807) is 31.2 Å². The molecule has 0 saturated carbocycles. The van der Waals surface area contributed by atoms with Crippen molar-refractivity contribution < 1.29 is 14.6 Å². The maximum Gasteiger partial charge on any atom is 0.340 e. The summed E-state index contributed by atoms with van der Waals surface area (Å²) in [5, 5.41) is 9.70. The first-order chi connectivity index (χ1) is 7.06. The van der Waals surface area contributed by atoms with Crippen molar-refractivity contribution >= 4 is 17.6 Å². The predicted octanol–water partition coefficient (Wildman–Crippen LogP) is 2.68. The summed E-state index contributed by atoms with van der Waals surface area (Å²) in [4.78, 5) is 11.2. The topological polar surface area (TPSA) is 46.5 Å². The van der Waals surface area contributed by atoms with Gasteiger partial charge in [0.05, 0.1) is 0 Å². The van der Waals surface area contributed by atoms with Gasteiger partial charge in [-0.3, -0.25) is 0 Å². The number of carbonyl (C=O) groups is 1. The number of carboxylic acid groups (broad SMARTS) is 1. The molecule has 0 saturated heterocycles. The predicted molar refractivity (Wildman–Crippen MR) is 58.1 cm³/mol. The van der Waals surface area contributed by atoms with Gasteiger partial charge < -0.3 is 9.84 Å². The Balaban J connectivity index is 3.26. The highest BCUT2D eigenvalue weighted by Gasteiger charge is 2.38. The molecule has 0 fully saturated rings. The fourth-order valence-corrected chi connectivity index (χ4v) is 1.76. The zero-order valence-corrected chi connectivity index (χ0v) is 9.41. The molecule has 0 radical (unpaired) electrons. The molecule has 1 aromatic rings. The minimum absolute atomic E-state index is 0.346. The van der Waals surface area contributed by atoms with E-state index in [1.165, 1.54) is 7.11 Å². The fourth-order valence-electron chi connectivity index (χ4n) is 1.57. The standard InChI is InChI=1S/C11H13ClO3/c1-3-11(15-2,10(13)14)8-5-4-6-9(12)7-8/h4-7H,3H2,1-2H3,(H,13,14). The molecule has 0 aliphatic carbocycles. The summed E-state index contributed by atoms with van der Waals surface area (Å²) in [6.07, 6.45) is 0.346. The summed E-state index contributed by atoms with van der Waals surface area (Å²) in [6, 6.07) is 6.72. The van der Waals surface area contributed by atoms with Gasteiger partial charge in [0.2, 0.25) is 0 Å². The number of hydrogen-bond donors (Lipinski definition) is 1. The number of ether oxygens (including phenoxy) is 1. The smallest absolute Gasteiger partial charge is 0.340 e. The Labute approximate surface area is 93.6 Å². The Morgan fingerprint density at radius 2 is 2.27 bits per heavy atom. The van der Waals surface area contributed by atoms with Crippen molar-refractivity contribution in [3.8, 4) is 0 Å². The molecule has 3 nitrogen and oxygen atoms in total. The van der Waals surface area contributed by atoms with Crippen LogP contribution in [0, 0.1) is 0 Å². The molecule has 1 unspecified atom stereocenters. The van der Waals surface area contributed by atoms with Gasteiger partial charge in [0.1, 0.15) is 0 Å². The number of halogens is 1. The quantitative estimate of drug-likeness (QED) is 0.862. The first kappa shape index (κ1) is 12.0. The van der Waals surface area contributed by atoms with E-state index < -0.39 is 11.6 Å². The van der Waals surface area contributed by atoms with Crippen molar-refractivity contribution in [3.63, 3.8) is 0 Å². The number of aliphatic carboxylic acids is 1. The molecular weight excluding hydrogens is 216 g/mol. The first-order valence-corrected chi connectivity index (χ1v) is 4.99. The zero-order valence-electron chi connectivity index (χ0n) is 8.66. The third kappa shape index (κ3) is 2.13. The van der Waals surface area contributed by atoms with E-state index in [2.05, 4.69) is 0 Å². The monoisotopic (exact) mass is 228 g/mol. The molecule has 4 heteroatoms. The molecule has 0 aliphatic heterocycles. The van der Waals surface area contributed by atoms with Crippen molar-refractivity contribution in [2.45, 2.75) is 18.9 Å². The molecule has 0 spiro atoms. The van der Waals surface area contributed by atoms with Crippen LogP contribution >= 0.6 is 11.6 Å². The summed E-state index contributed by atoms with van der Waals surface area (Å²) in [5.41, 5.74) is -0.738. The Hall–Kier alpha value is -1.06. The Bertz CT molecular complexity index is 359. The molecule has 0 bridgehead atoms. The summed E-state index contributed by atoms with van der Waals surface area (Å²) in [5.74, 6) is -1.00. The van der Waals surface area contributed by atoms with Crippen LogP contribution in [0.5, 0.6) is 0 Å². The molecule has 15 heavy (non-hydrogen) atoms. The number of rotatable bonds is 4. The molecular formula is C11H13ClO3. The molecule has 0 heterocycles. The van der Waals surface area contributed by atoms with Crippen molar-refractivity contribution in [3.05, 3.63) is 34.9 Å². The van der Waals surface area contributed by atoms with E-state index in [1.807, 2.05) is 0 Å². The lowest BCUT2D eigenvalue weighted by atomic mass is 9.91. The van der Waals surface area contributed by atoms with Crippen LogP contribution in [0.25, 0.3) is 0 Å². The van der Waals surface area contributed by atoms with Gasteiger partial charge in [-0.25, -0.2) is 4.79 Å². The van der Waals surface area contributed by atoms with Gasteiger partial charge >= 0.3 is 5.97 Å². The molecule has 0 aliphatic rings. The highest BCUT2D eigenvalue weighted by atomic mass is 35.5. The van der Waals surface area contributed by atoms with Gasteiger partial charge in [0.25, 0.3) is 0 Å². The SMILES string of the molecule is CCC(OC)(C(=O)O)c1cccc(Cl)c1. The minimum Gasteiger partial charge on any atom is -0.479 e. The zero-order chi connectivity index (χ0) is 11.5. The van der Waals surface area contributed by atoms with E-state index in [4.69, 9.17) is 16.3 Å². The van der Waals surface area contributed by atoms with Crippen LogP contribution in [0.2, 0.25) is 5.02 Å². The molecule has 1 atom stereocenters. The number of carboxylic acids is 1. The highest BCUT2D eigenvalue weighted by Crippen LogP contribution is 2.30. The van der Waals surface area contributed by atoms with Crippen molar-refractivity contribution in [1.29, 1.82) is 0 Å². The third-order valence-corrected chi connectivity index (χ3v) is 2.72. The lowest BCUT2D eigenvalue weighted by Gasteiger charge is -2.27. The van der Waals surface area contributed by atoms with Crippen LogP contribution in [0.1, 0.15) is 18.9 Å². The van der Waals surface area contributed by atoms with E-state index >= 15 is 0 Å². The summed E-state index contributed by atoms with van der Waals surface area (Å²) < 4.78 is 5.13. The Morgan fingerprint density at radius 1 is 1.60 bits per heavy atom. The van der Waals surface area contributed by atoms with Gasteiger partial charge in [-0.2, -0.15) is 0 Å². The molecule has 1 N–H and O–H groups in total. The van der Waals surface area contributed by atoms with Gasteiger partial charge in [0, 0.05) is 12.1 Å². The van der Waals surface area contributed by atoms with Crippen LogP contribution in [0.4, 0.5) is 0 Å². The molecule has 1 rings (SSSR count). The lowest BCUT2D eigenvalue weighted by molar-refractivity contribution is -0.164. The summed E-state index contributed by atoms with van der Waals surface area (Å²) in [7, 11) is 1.39. The summed E-state index contributed by atoms with van der Waals surface area (Å²) >= 11 is 5.82. The Kier molecular flexibility index (Phi) is 3.72. The fraction of sp³-hybridized carbons (Fsp3) is 0.364. The number of methoxy groups -OCH3 is 1. The van der Waals surface area contributed by atoms with Crippen molar-refractivity contribution in [2.24, 2.45) is 0 Å². The highest BCUT2D eigenvalue weighted by molar-refractivity contribution is 6.30. The van der Waals surface area contributed by atoms with E-state index in [0.29, 0.717) is 17.0 Å². The maximum absolute atomic E-state index is 11.2. The molecule has 1 aromatic carbocycles. The van der Waals surface area contributed by atoms with Gasteiger partial charge in [-0.05, 0) is 24.1 Å².